The van der Waals surface area contributed by atoms with E-state index in [0.29, 0.717) is 17.1 Å². The van der Waals surface area contributed by atoms with Crippen LogP contribution in [0.1, 0.15) is 21.6 Å². The smallest absolute Gasteiger partial charge is 0.358 e. The Labute approximate surface area is 116 Å². The number of rotatable bonds is 3. The summed E-state index contributed by atoms with van der Waals surface area (Å²) in [5.74, 6) is -0.0999. The first kappa shape index (κ1) is 13.5. The van der Waals surface area contributed by atoms with Gasteiger partial charge in [-0.1, -0.05) is 12.1 Å². The third kappa shape index (κ3) is 2.72. The zero-order valence-electron chi connectivity index (χ0n) is 11.0. The monoisotopic (exact) mass is 268 g/mol. The predicted molar refractivity (Wildman–Crippen MR) is 72.5 cm³/mol. The van der Waals surface area contributed by atoms with Crippen LogP contribution in [0.2, 0.25) is 0 Å². The second-order valence-corrected chi connectivity index (χ2v) is 4.01. The van der Waals surface area contributed by atoms with Gasteiger partial charge in [0.2, 0.25) is 0 Å². The van der Waals surface area contributed by atoms with E-state index in [1.54, 1.807) is 6.07 Å². The van der Waals surface area contributed by atoms with Crippen LogP contribution in [0.5, 0.6) is 0 Å². The Kier molecular flexibility index (Phi) is 3.91. The van der Waals surface area contributed by atoms with Gasteiger partial charge in [0.15, 0.2) is 5.69 Å². The summed E-state index contributed by atoms with van der Waals surface area (Å²) >= 11 is 0. The van der Waals surface area contributed by atoms with E-state index < -0.39 is 5.97 Å². The van der Waals surface area contributed by atoms with Crippen molar-refractivity contribution in [3.05, 3.63) is 47.4 Å². The molecule has 2 aromatic rings. The molecule has 0 amide bonds. The van der Waals surface area contributed by atoms with Crippen LogP contribution >= 0.6 is 0 Å². The number of carbonyl (C=O) groups is 1. The Morgan fingerprint density at radius 1 is 1.35 bits per heavy atom. The van der Waals surface area contributed by atoms with Crippen molar-refractivity contribution in [2.75, 3.05) is 12.4 Å². The van der Waals surface area contributed by atoms with E-state index >= 15 is 0 Å². The Balaban J connectivity index is 2.25. The molecule has 0 atom stereocenters. The zero-order chi connectivity index (χ0) is 14.5. The highest BCUT2D eigenvalue weighted by Gasteiger charge is 2.09. The summed E-state index contributed by atoms with van der Waals surface area (Å²) in [5.41, 5.74) is 2.19. The number of aromatic nitrogens is 2. The molecule has 1 aromatic heterocycles. The Morgan fingerprint density at radius 2 is 2.15 bits per heavy atom. The number of methoxy groups -OCH3 is 1. The number of anilines is 2. The molecule has 6 heteroatoms. The maximum Gasteiger partial charge on any atom is 0.358 e. The second kappa shape index (κ2) is 5.80. The number of aryl methyl sites for hydroxylation is 1. The number of benzene rings is 1. The number of hydrogen-bond donors (Lipinski definition) is 1. The summed E-state index contributed by atoms with van der Waals surface area (Å²) in [6.07, 6.45) is 2.73. The standard InChI is InChI=1S/C14H12N4O2/c1-9-4-3-5-11(10(9)6-15)18-13-8-16-12(7-17-13)14(19)20-2/h3-5,7-8H,1-2H3,(H,17,18). The molecule has 0 aliphatic carbocycles. The first-order chi connectivity index (χ1) is 9.65. The highest BCUT2D eigenvalue weighted by Crippen LogP contribution is 2.21. The third-order valence-electron chi connectivity index (χ3n) is 2.69. The average Bonchev–Trinajstić information content (AvgIpc) is 2.47. The molecule has 0 bridgehead atoms. The quantitative estimate of drug-likeness (QED) is 0.858. The Bertz CT molecular complexity index is 675. The number of nitriles is 1. The molecule has 0 unspecified atom stereocenters. The van der Waals surface area contributed by atoms with Gasteiger partial charge in [0.1, 0.15) is 11.9 Å². The van der Waals surface area contributed by atoms with E-state index in [1.807, 2.05) is 19.1 Å². The molecular weight excluding hydrogens is 256 g/mol. The molecule has 0 aliphatic heterocycles. The third-order valence-corrected chi connectivity index (χ3v) is 2.69. The van der Waals surface area contributed by atoms with Crippen LogP contribution in [-0.4, -0.2) is 23.0 Å². The van der Waals surface area contributed by atoms with Gasteiger partial charge in [-0.3, -0.25) is 0 Å². The van der Waals surface area contributed by atoms with E-state index in [2.05, 4.69) is 26.1 Å². The lowest BCUT2D eigenvalue weighted by Crippen LogP contribution is -2.06. The lowest BCUT2D eigenvalue weighted by Gasteiger charge is -2.08. The highest BCUT2D eigenvalue weighted by molar-refractivity contribution is 5.86. The molecule has 0 saturated carbocycles. The van der Waals surface area contributed by atoms with Gasteiger partial charge >= 0.3 is 5.97 Å². The van der Waals surface area contributed by atoms with E-state index in [9.17, 15) is 4.79 Å². The molecular formula is C14H12N4O2. The van der Waals surface area contributed by atoms with Crippen LogP contribution in [-0.2, 0) is 4.74 Å². The number of ether oxygens (including phenoxy) is 1. The summed E-state index contributed by atoms with van der Waals surface area (Å²) in [6.45, 7) is 1.86. The van der Waals surface area contributed by atoms with Gasteiger partial charge in [-0.05, 0) is 18.6 Å². The molecule has 100 valence electrons. The average molecular weight is 268 g/mol. The van der Waals surface area contributed by atoms with Gasteiger partial charge in [0, 0.05) is 0 Å². The molecule has 0 aliphatic rings. The molecule has 20 heavy (non-hydrogen) atoms. The molecule has 1 aromatic carbocycles. The van der Waals surface area contributed by atoms with Crippen LogP contribution < -0.4 is 5.32 Å². The fourth-order valence-corrected chi connectivity index (χ4v) is 1.66. The minimum atomic E-state index is -0.544. The van der Waals surface area contributed by atoms with Crippen molar-refractivity contribution >= 4 is 17.5 Å². The normalized spacial score (nSPS) is 9.65. The predicted octanol–water partition coefficient (Wildman–Crippen LogP) is 2.19. The maximum atomic E-state index is 11.2. The van der Waals surface area contributed by atoms with E-state index in [0.717, 1.165) is 5.56 Å². The van der Waals surface area contributed by atoms with E-state index in [1.165, 1.54) is 19.5 Å². The minimum absolute atomic E-state index is 0.128. The molecule has 0 radical (unpaired) electrons. The van der Waals surface area contributed by atoms with Gasteiger partial charge in [-0.2, -0.15) is 5.26 Å². The van der Waals surface area contributed by atoms with Crippen LogP contribution in [0.25, 0.3) is 0 Å². The van der Waals surface area contributed by atoms with Crippen LogP contribution in [0, 0.1) is 18.3 Å². The summed E-state index contributed by atoms with van der Waals surface area (Å²) in [4.78, 5) is 19.2. The lowest BCUT2D eigenvalue weighted by atomic mass is 10.1. The molecule has 1 heterocycles. The van der Waals surface area contributed by atoms with Gasteiger partial charge in [-0.25, -0.2) is 14.8 Å². The van der Waals surface area contributed by atoms with Crippen LogP contribution in [0.3, 0.4) is 0 Å². The topological polar surface area (TPSA) is 87.9 Å². The molecule has 1 N–H and O–H groups in total. The number of carbonyl (C=O) groups excluding carboxylic acids is 1. The molecule has 2 rings (SSSR count). The number of nitrogens with zero attached hydrogens (tertiary/aromatic N) is 3. The van der Waals surface area contributed by atoms with Crippen molar-refractivity contribution in [3.63, 3.8) is 0 Å². The fourth-order valence-electron chi connectivity index (χ4n) is 1.66. The molecule has 6 nitrogen and oxygen atoms in total. The van der Waals surface area contributed by atoms with E-state index in [4.69, 9.17) is 5.26 Å². The summed E-state index contributed by atoms with van der Waals surface area (Å²) < 4.78 is 4.54. The Morgan fingerprint density at radius 3 is 2.75 bits per heavy atom. The van der Waals surface area contributed by atoms with Gasteiger partial charge in [0.25, 0.3) is 0 Å². The number of esters is 1. The van der Waals surface area contributed by atoms with Crippen molar-refractivity contribution in [2.24, 2.45) is 0 Å². The van der Waals surface area contributed by atoms with Crippen LogP contribution in [0.4, 0.5) is 11.5 Å². The first-order valence-electron chi connectivity index (χ1n) is 5.83. The van der Waals surface area contributed by atoms with Crippen molar-refractivity contribution in [1.29, 1.82) is 5.26 Å². The van der Waals surface area contributed by atoms with Crippen molar-refractivity contribution in [3.8, 4) is 6.07 Å². The lowest BCUT2D eigenvalue weighted by molar-refractivity contribution is 0.0593. The van der Waals surface area contributed by atoms with Crippen LogP contribution in [0.15, 0.2) is 30.6 Å². The summed E-state index contributed by atoms with van der Waals surface area (Å²) in [6, 6.07) is 7.62. The van der Waals surface area contributed by atoms with Gasteiger partial charge in [0.05, 0.1) is 30.8 Å². The van der Waals surface area contributed by atoms with Gasteiger partial charge < -0.3 is 10.1 Å². The zero-order valence-corrected chi connectivity index (χ0v) is 11.0. The second-order valence-electron chi connectivity index (χ2n) is 4.01. The molecule has 0 fully saturated rings. The van der Waals surface area contributed by atoms with Crippen molar-refractivity contribution in [2.45, 2.75) is 6.92 Å². The Hall–Kier alpha value is -2.94. The fraction of sp³-hybridized carbons (Fsp3) is 0.143. The minimum Gasteiger partial charge on any atom is -0.464 e. The van der Waals surface area contributed by atoms with Gasteiger partial charge in [-0.15, -0.1) is 0 Å². The van der Waals surface area contributed by atoms with E-state index in [-0.39, 0.29) is 5.69 Å². The first-order valence-corrected chi connectivity index (χ1v) is 5.83. The van der Waals surface area contributed by atoms with Crippen molar-refractivity contribution < 1.29 is 9.53 Å². The molecule has 0 spiro atoms. The van der Waals surface area contributed by atoms with Crippen molar-refractivity contribution in [1.82, 2.24) is 9.97 Å². The summed E-state index contributed by atoms with van der Waals surface area (Å²) in [5, 5.41) is 12.1. The number of nitrogens with one attached hydrogen (secondary N) is 1. The number of hydrogen-bond acceptors (Lipinski definition) is 6. The maximum absolute atomic E-state index is 11.2. The summed E-state index contributed by atoms with van der Waals surface area (Å²) in [7, 11) is 1.28. The SMILES string of the molecule is COC(=O)c1cnc(Nc2cccc(C)c2C#N)cn1. The largest absolute Gasteiger partial charge is 0.464 e. The molecule has 0 saturated heterocycles. The highest BCUT2D eigenvalue weighted by atomic mass is 16.5.